The van der Waals surface area contributed by atoms with Gasteiger partial charge in [-0.05, 0) is 31.0 Å². The van der Waals surface area contributed by atoms with E-state index in [1.54, 1.807) is 6.92 Å². The molecule has 3 heteroatoms. The van der Waals surface area contributed by atoms with Crippen LogP contribution >= 0.6 is 0 Å². The van der Waals surface area contributed by atoms with Crippen molar-refractivity contribution in [3.05, 3.63) is 29.3 Å². The number of nitrogen functional groups attached to an aromatic ring is 1. The van der Waals surface area contributed by atoms with Gasteiger partial charge in [0, 0.05) is 5.69 Å². The van der Waals surface area contributed by atoms with Crippen molar-refractivity contribution in [1.82, 2.24) is 0 Å². The van der Waals surface area contributed by atoms with Gasteiger partial charge in [-0.3, -0.25) is 0 Å². The van der Waals surface area contributed by atoms with Crippen molar-refractivity contribution in [2.45, 2.75) is 26.0 Å². The number of aliphatic hydroxyl groups is 1. The molecular weight excluding hydrogens is 164 g/mol. The number of nitrogens with two attached hydrogens (primary N) is 2. The van der Waals surface area contributed by atoms with Crippen LogP contribution in [0.15, 0.2) is 18.2 Å². The third kappa shape index (κ3) is 2.20. The number of hydrogen-bond donors (Lipinski definition) is 3. The minimum Gasteiger partial charge on any atom is -0.399 e. The Labute approximate surface area is 78.4 Å². The summed E-state index contributed by atoms with van der Waals surface area (Å²) in [6.07, 6.45) is -0.539. The number of anilines is 1. The molecule has 0 heterocycles. The molecule has 0 aliphatic rings. The van der Waals surface area contributed by atoms with E-state index in [1.165, 1.54) is 0 Å². The number of rotatable bonds is 2. The minimum absolute atomic E-state index is 0.334. The zero-order valence-electron chi connectivity index (χ0n) is 7.99. The fourth-order valence-electron chi connectivity index (χ4n) is 1.18. The van der Waals surface area contributed by atoms with E-state index in [0.717, 1.165) is 16.8 Å². The molecule has 1 aromatic carbocycles. The highest BCUT2D eigenvalue weighted by molar-refractivity contribution is 5.48. The molecule has 0 bridgehead atoms. The zero-order chi connectivity index (χ0) is 10.0. The third-order valence-corrected chi connectivity index (χ3v) is 2.20. The van der Waals surface area contributed by atoms with Crippen LogP contribution < -0.4 is 11.5 Å². The highest BCUT2D eigenvalue weighted by Crippen LogP contribution is 2.19. The Hall–Kier alpha value is -1.06. The Balaban J connectivity index is 2.97. The lowest BCUT2D eigenvalue weighted by Crippen LogP contribution is -2.23. The van der Waals surface area contributed by atoms with Crippen molar-refractivity contribution >= 4 is 5.69 Å². The van der Waals surface area contributed by atoms with Crippen molar-refractivity contribution in [1.29, 1.82) is 0 Å². The maximum Gasteiger partial charge on any atom is 0.0704 e. The molecule has 2 unspecified atom stereocenters. The van der Waals surface area contributed by atoms with Crippen LogP contribution in [0.2, 0.25) is 0 Å². The molecule has 13 heavy (non-hydrogen) atoms. The molecule has 0 saturated carbocycles. The SMILES string of the molecule is Cc1cc(C(N)C(C)O)ccc1N. The second-order valence-corrected chi connectivity index (χ2v) is 3.38. The summed E-state index contributed by atoms with van der Waals surface area (Å²) in [7, 11) is 0. The first-order valence-electron chi connectivity index (χ1n) is 4.32. The number of aryl methyl sites for hydroxylation is 1. The van der Waals surface area contributed by atoms with Crippen molar-refractivity contribution < 1.29 is 5.11 Å². The predicted octanol–water partition coefficient (Wildman–Crippen LogP) is 0.958. The van der Waals surface area contributed by atoms with Gasteiger partial charge in [0.15, 0.2) is 0 Å². The lowest BCUT2D eigenvalue weighted by Gasteiger charge is -2.15. The van der Waals surface area contributed by atoms with Crippen LogP contribution in [0.1, 0.15) is 24.1 Å². The van der Waals surface area contributed by atoms with Gasteiger partial charge in [-0.25, -0.2) is 0 Å². The van der Waals surface area contributed by atoms with E-state index in [9.17, 15) is 5.11 Å². The summed E-state index contributed by atoms with van der Waals surface area (Å²) in [5.41, 5.74) is 14.1. The lowest BCUT2D eigenvalue weighted by atomic mass is 10.0. The van der Waals surface area contributed by atoms with Crippen LogP contribution in [0.4, 0.5) is 5.69 Å². The topological polar surface area (TPSA) is 72.3 Å². The minimum atomic E-state index is -0.539. The van der Waals surface area contributed by atoms with E-state index in [2.05, 4.69) is 0 Å². The van der Waals surface area contributed by atoms with E-state index < -0.39 is 6.10 Å². The maximum atomic E-state index is 9.28. The molecule has 72 valence electrons. The van der Waals surface area contributed by atoms with Gasteiger partial charge in [-0.15, -0.1) is 0 Å². The van der Waals surface area contributed by atoms with Crippen LogP contribution in [-0.2, 0) is 0 Å². The van der Waals surface area contributed by atoms with Gasteiger partial charge in [0.25, 0.3) is 0 Å². The molecule has 0 fully saturated rings. The molecule has 0 amide bonds. The van der Waals surface area contributed by atoms with Crippen molar-refractivity contribution in [3.8, 4) is 0 Å². The van der Waals surface area contributed by atoms with Crippen LogP contribution in [0.3, 0.4) is 0 Å². The second-order valence-electron chi connectivity index (χ2n) is 3.38. The Morgan fingerprint density at radius 1 is 1.38 bits per heavy atom. The van der Waals surface area contributed by atoms with Gasteiger partial charge in [-0.1, -0.05) is 12.1 Å². The van der Waals surface area contributed by atoms with Crippen molar-refractivity contribution in [3.63, 3.8) is 0 Å². The number of benzene rings is 1. The Morgan fingerprint density at radius 2 is 2.00 bits per heavy atom. The van der Waals surface area contributed by atoms with Gasteiger partial charge < -0.3 is 16.6 Å². The van der Waals surface area contributed by atoms with Crippen molar-refractivity contribution in [2.75, 3.05) is 5.73 Å². The van der Waals surface area contributed by atoms with Crippen LogP contribution in [0, 0.1) is 6.92 Å². The average Bonchev–Trinajstić information content (AvgIpc) is 2.08. The monoisotopic (exact) mass is 180 g/mol. The summed E-state index contributed by atoms with van der Waals surface area (Å²) in [5.74, 6) is 0. The lowest BCUT2D eigenvalue weighted by molar-refractivity contribution is 0.164. The first-order valence-corrected chi connectivity index (χ1v) is 4.32. The Bertz CT molecular complexity index is 297. The molecule has 1 rings (SSSR count). The van der Waals surface area contributed by atoms with E-state index in [-0.39, 0.29) is 6.04 Å². The fraction of sp³-hybridized carbons (Fsp3) is 0.400. The summed E-state index contributed by atoms with van der Waals surface area (Å²) < 4.78 is 0. The van der Waals surface area contributed by atoms with Gasteiger partial charge in [0.1, 0.15) is 0 Å². The smallest absolute Gasteiger partial charge is 0.0704 e. The number of hydrogen-bond acceptors (Lipinski definition) is 3. The molecule has 0 aliphatic heterocycles. The summed E-state index contributed by atoms with van der Waals surface area (Å²) in [4.78, 5) is 0. The second kappa shape index (κ2) is 3.77. The molecule has 2 atom stereocenters. The predicted molar refractivity (Wildman–Crippen MR) is 54.2 cm³/mol. The molecule has 3 nitrogen and oxygen atoms in total. The van der Waals surface area contributed by atoms with E-state index in [0.29, 0.717) is 0 Å². The summed E-state index contributed by atoms with van der Waals surface area (Å²) in [6.45, 7) is 3.60. The van der Waals surface area contributed by atoms with E-state index in [4.69, 9.17) is 11.5 Å². The van der Waals surface area contributed by atoms with Gasteiger partial charge >= 0.3 is 0 Å². The fourth-order valence-corrected chi connectivity index (χ4v) is 1.18. The van der Waals surface area contributed by atoms with E-state index in [1.807, 2.05) is 25.1 Å². The first-order chi connectivity index (χ1) is 6.02. The summed E-state index contributed by atoms with van der Waals surface area (Å²) in [5, 5.41) is 9.28. The number of aliphatic hydroxyl groups excluding tert-OH is 1. The maximum absolute atomic E-state index is 9.28. The molecule has 0 aromatic heterocycles. The molecule has 1 aromatic rings. The zero-order valence-corrected chi connectivity index (χ0v) is 7.99. The molecule has 0 aliphatic carbocycles. The van der Waals surface area contributed by atoms with Gasteiger partial charge in [-0.2, -0.15) is 0 Å². The largest absolute Gasteiger partial charge is 0.399 e. The quantitative estimate of drug-likeness (QED) is 0.593. The standard InChI is InChI=1S/C10H16N2O/c1-6-5-8(3-4-9(6)11)10(12)7(2)13/h3-5,7,10,13H,11-12H2,1-2H3. The molecular formula is C10H16N2O. The van der Waals surface area contributed by atoms with Gasteiger partial charge in [0.2, 0.25) is 0 Å². The molecule has 5 N–H and O–H groups in total. The molecule has 0 radical (unpaired) electrons. The molecule has 0 spiro atoms. The van der Waals surface area contributed by atoms with Crippen molar-refractivity contribution in [2.24, 2.45) is 5.73 Å². The summed E-state index contributed by atoms with van der Waals surface area (Å²) in [6, 6.07) is 5.23. The Morgan fingerprint density at radius 3 is 2.46 bits per heavy atom. The highest BCUT2D eigenvalue weighted by atomic mass is 16.3. The van der Waals surface area contributed by atoms with Crippen LogP contribution in [0.5, 0.6) is 0 Å². The third-order valence-electron chi connectivity index (χ3n) is 2.20. The van der Waals surface area contributed by atoms with E-state index >= 15 is 0 Å². The van der Waals surface area contributed by atoms with Crippen LogP contribution in [-0.4, -0.2) is 11.2 Å². The van der Waals surface area contributed by atoms with Crippen LogP contribution in [0.25, 0.3) is 0 Å². The molecule has 0 saturated heterocycles. The highest BCUT2D eigenvalue weighted by Gasteiger charge is 2.11. The Kier molecular flexibility index (Phi) is 2.90. The normalized spacial score (nSPS) is 15.4. The first kappa shape index (κ1) is 10.0. The van der Waals surface area contributed by atoms with Gasteiger partial charge in [0.05, 0.1) is 12.1 Å². The summed E-state index contributed by atoms with van der Waals surface area (Å²) >= 11 is 0. The average molecular weight is 180 g/mol.